The molecule has 0 fully saturated rings. The molecule has 0 unspecified atom stereocenters. The van der Waals surface area contributed by atoms with Crippen molar-refractivity contribution in [2.24, 2.45) is 0 Å². The van der Waals surface area contributed by atoms with Crippen LogP contribution in [0.3, 0.4) is 0 Å². The summed E-state index contributed by atoms with van der Waals surface area (Å²) in [6.45, 7) is 8.13. The second-order valence-corrected chi connectivity index (χ2v) is 7.86. The van der Waals surface area contributed by atoms with Crippen LogP contribution >= 0.6 is 0 Å². The van der Waals surface area contributed by atoms with Crippen LogP contribution in [0.2, 0.25) is 0 Å². The van der Waals surface area contributed by atoms with Gasteiger partial charge in [-0.1, -0.05) is 129 Å². The molecule has 0 heterocycles. The molecule has 0 radical (unpaired) electrons. The lowest BCUT2D eigenvalue weighted by molar-refractivity contribution is 0.521. The zero-order chi connectivity index (χ0) is 18.3. The highest BCUT2D eigenvalue weighted by atomic mass is 14.8. The fourth-order valence-corrected chi connectivity index (χ4v) is 3.53. The zero-order valence-electron chi connectivity index (χ0n) is 17.6. The van der Waals surface area contributed by atoms with Crippen LogP contribution in [0, 0.1) is 0 Å². The topological polar surface area (TPSA) is 12.0 Å². The first-order valence-electron chi connectivity index (χ1n) is 11.7. The normalized spacial score (nSPS) is 11.1. The predicted molar refractivity (Wildman–Crippen MR) is 116 cm³/mol. The molecule has 0 spiro atoms. The van der Waals surface area contributed by atoms with Gasteiger partial charge in [0.15, 0.2) is 0 Å². The van der Waals surface area contributed by atoms with E-state index in [1.807, 2.05) is 6.08 Å². The Balaban J connectivity index is 2.95. The molecular formula is C24H49N. The number of nitrogens with one attached hydrogen (secondary N) is 1. The van der Waals surface area contributed by atoms with Crippen molar-refractivity contribution in [3.8, 4) is 0 Å². The van der Waals surface area contributed by atoms with E-state index in [0.717, 1.165) is 13.1 Å². The molecule has 0 saturated carbocycles. The molecule has 0 aliphatic rings. The van der Waals surface area contributed by atoms with Crippen LogP contribution in [0.4, 0.5) is 0 Å². The second kappa shape index (κ2) is 23.7. The van der Waals surface area contributed by atoms with E-state index in [4.69, 9.17) is 0 Å². The molecule has 25 heavy (non-hydrogen) atoms. The molecule has 0 bridgehead atoms. The molecule has 0 atom stereocenters. The molecule has 1 nitrogen and oxygen atoms in total. The fourth-order valence-electron chi connectivity index (χ4n) is 3.53. The van der Waals surface area contributed by atoms with Gasteiger partial charge in [0.25, 0.3) is 0 Å². The SMILES string of the molecule is C=CCNCCCCCCCCCCCCCCCCCCCCC. The third-order valence-corrected chi connectivity index (χ3v) is 5.25. The first-order chi connectivity index (χ1) is 12.4. The van der Waals surface area contributed by atoms with Crippen molar-refractivity contribution >= 4 is 0 Å². The van der Waals surface area contributed by atoms with E-state index in [1.165, 1.54) is 122 Å². The van der Waals surface area contributed by atoms with Crippen molar-refractivity contribution in [1.82, 2.24) is 5.32 Å². The molecule has 0 amide bonds. The van der Waals surface area contributed by atoms with Crippen LogP contribution in [0.15, 0.2) is 12.7 Å². The Kier molecular flexibility index (Phi) is 23.4. The van der Waals surface area contributed by atoms with E-state index < -0.39 is 0 Å². The Morgan fingerprint density at radius 3 is 1.16 bits per heavy atom. The number of unbranched alkanes of at least 4 members (excludes halogenated alkanes) is 18. The smallest absolute Gasteiger partial charge is 0.0132 e. The fraction of sp³-hybridized carbons (Fsp3) is 0.917. The van der Waals surface area contributed by atoms with Gasteiger partial charge in [0.1, 0.15) is 0 Å². The number of hydrogen-bond donors (Lipinski definition) is 1. The number of hydrogen-bond acceptors (Lipinski definition) is 1. The monoisotopic (exact) mass is 351 g/mol. The van der Waals surface area contributed by atoms with E-state index in [2.05, 4.69) is 18.8 Å². The molecule has 150 valence electrons. The number of rotatable bonds is 22. The summed E-state index contributed by atoms with van der Waals surface area (Å²) in [7, 11) is 0. The van der Waals surface area contributed by atoms with Gasteiger partial charge in [-0.05, 0) is 13.0 Å². The van der Waals surface area contributed by atoms with Gasteiger partial charge in [0.05, 0.1) is 0 Å². The van der Waals surface area contributed by atoms with Crippen molar-refractivity contribution in [3.63, 3.8) is 0 Å². The molecule has 0 aliphatic heterocycles. The van der Waals surface area contributed by atoms with Crippen LogP contribution in [-0.4, -0.2) is 13.1 Å². The maximum Gasteiger partial charge on any atom is 0.0132 e. The minimum absolute atomic E-state index is 0.957. The molecule has 0 rings (SSSR count). The molecule has 0 aliphatic carbocycles. The quantitative estimate of drug-likeness (QED) is 0.153. The van der Waals surface area contributed by atoms with Gasteiger partial charge >= 0.3 is 0 Å². The van der Waals surface area contributed by atoms with Gasteiger partial charge in [-0.3, -0.25) is 0 Å². The van der Waals surface area contributed by atoms with E-state index in [1.54, 1.807) is 0 Å². The van der Waals surface area contributed by atoms with Gasteiger partial charge in [-0.2, -0.15) is 0 Å². The first-order valence-corrected chi connectivity index (χ1v) is 11.7. The van der Waals surface area contributed by atoms with E-state index in [-0.39, 0.29) is 0 Å². The Labute approximate surface area is 160 Å². The lowest BCUT2D eigenvalue weighted by Gasteiger charge is -2.04. The van der Waals surface area contributed by atoms with E-state index in [0.29, 0.717) is 0 Å². The van der Waals surface area contributed by atoms with Crippen molar-refractivity contribution in [3.05, 3.63) is 12.7 Å². The van der Waals surface area contributed by atoms with Crippen molar-refractivity contribution in [2.45, 2.75) is 129 Å². The Morgan fingerprint density at radius 1 is 0.520 bits per heavy atom. The Morgan fingerprint density at radius 2 is 0.840 bits per heavy atom. The highest BCUT2D eigenvalue weighted by molar-refractivity contribution is 4.69. The van der Waals surface area contributed by atoms with E-state index >= 15 is 0 Å². The van der Waals surface area contributed by atoms with Gasteiger partial charge in [-0.15, -0.1) is 6.58 Å². The van der Waals surface area contributed by atoms with Gasteiger partial charge in [0, 0.05) is 6.54 Å². The average molecular weight is 352 g/mol. The van der Waals surface area contributed by atoms with Crippen LogP contribution in [0.5, 0.6) is 0 Å². The summed E-state index contributed by atoms with van der Waals surface area (Å²) in [6.07, 6.45) is 29.5. The van der Waals surface area contributed by atoms with Gasteiger partial charge in [0.2, 0.25) is 0 Å². The average Bonchev–Trinajstić information content (AvgIpc) is 2.63. The lowest BCUT2D eigenvalue weighted by Crippen LogP contribution is -2.14. The molecule has 0 aromatic heterocycles. The molecular weight excluding hydrogens is 302 g/mol. The van der Waals surface area contributed by atoms with Gasteiger partial charge in [-0.25, -0.2) is 0 Å². The predicted octanol–water partition coefficient (Wildman–Crippen LogP) is 8.19. The summed E-state index contributed by atoms with van der Waals surface area (Å²) >= 11 is 0. The summed E-state index contributed by atoms with van der Waals surface area (Å²) in [4.78, 5) is 0. The van der Waals surface area contributed by atoms with Crippen molar-refractivity contribution < 1.29 is 0 Å². The minimum atomic E-state index is 0.957. The Hall–Kier alpha value is -0.300. The lowest BCUT2D eigenvalue weighted by atomic mass is 10.0. The molecule has 0 aromatic rings. The first kappa shape index (κ1) is 24.7. The molecule has 0 aromatic carbocycles. The highest BCUT2D eigenvalue weighted by Crippen LogP contribution is 2.14. The van der Waals surface area contributed by atoms with Crippen LogP contribution in [0.1, 0.15) is 129 Å². The summed E-state index contributed by atoms with van der Waals surface area (Å²) in [5, 5.41) is 3.37. The largest absolute Gasteiger partial charge is 0.313 e. The maximum atomic E-state index is 3.72. The zero-order valence-corrected chi connectivity index (χ0v) is 17.6. The van der Waals surface area contributed by atoms with Crippen LogP contribution in [-0.2, 0) is 0 Å². The summed E-state index contributed by atoms with van der Waals surface area (Å²) in [5.41, 5.74) is 0. The van der Waals surface area contributed by atoms with Gasteiger partial charge < -0.3 is 5.32 Å². The summed E-state index contributed by atoms with van der Waals surface area (Å²) in [5.74, 6) is 0. The Bertz CT molecular complexity index is 236. The molecule has 1 N–H and O–H groups in total. The van der Waals surface area contributed by atoms with Crippen molar-refractivity contribution in [1.29, 1.82) is 0 Å². The minimum Gasteiger partial charge on any atom is -0.313 e. The third kappa shape index (κ3) is 23.7. The summed E-state index contributed by atoms with van der Waals surface area (Å²) in [6, 6.07) is 0. The van der Waals surface area contributed by atoms with E-state index in [9.17, 15) is 0 Å². The standard InChI is InChI=1S/C24H49N/c1-3-5-6-7-8-9-10-11-12-13-14-15-16-17-18-19-20-21-22-24-25-23-4-2/h4,25H,2-3,5-24H2,1H3. The highest BCUT2D eigenvalue weighted by Gasteiger charge is 1.95. The van der Waals surface area contributed by atoms with Crippen LogP contribution in [0.25, 0.3) is 0 Å². The van der Waals surface area contributed by atoms with Crippen molar-refractivity contribution in [2.75, 3.05) is 13.1 Å². The third-order valence-electron chi connectivity index (χ3n) is 5.25. The molecule has 0 saturated heterocycles. The molecule has 1 heteroatoms. The summed E-state index contributed by atoms with van der Waals surface area (Å²) < 4.78 is 0. The second-order valence-electron chi connectivity index (χ2n) is 7.86. The van der Waals surface area contributed by atoms with Crippen LogP contribution < -0.4 is 5.32 Å². The maximum absolute atomic E-state index is 3.72.